The summed E-state index contributed by atoms with van der Waals surface area (Å²) >= 11 is 0. The summed E-state index contributed by atoms with van der Waals surface area (Å²) in [7, 11) is 5.78. The molecule has 2 aromatic rings. The first-order valence-electron chi connectivity index (χ1n) is 8.78. The van der Waals surface area contributed by atoms with Gasteiger partial charge in [0.2, 0.25) is 5.91 Å². The predicted octanol–water partition coefficient (Wildman–Crippen LogP) is 0.597. The van der Waals surface area contributed by atoms with Crippen LogP contribution < -0.4 is 10.5 Å². The molecule has 3 heterocycles. The monoisotopic (exact) mass is 368 g/mol. The number of H-pyrrole nitrogens is 1. The van der Waals surface area contributed by atoms with Gasteiger partial charge in [-0.15, -0.1) is 0 Å². The van der Waals surface area contributed by atoms with Gasteiger partial charge in [-0.3, -0.25) is 19.6 Å². The van der Waals surface area contributed by atoms with E-state index in [2.05, 4.69) is 15.0 Å². The highest BCUT2D eigenvalue weighted by Gasteiger charge is 2.33. The predicted molar refractivity (Wildman–Crippen MR) is 105 cm³/mol. The number of likely N-dealkylation sites (tertiary alicyclic amines) is 1. The zero-order valence-electron chi connectivity index (χ0n) is 15.8. The number of likely N-dealkylation sites (N-methyl/N-ethyl adjacent to an activating group) is 2. The molecule has 0 atom stereocenters. The molecule has 0 radical (unpaired) electrons. The molecule has 1 amide bonds. The average molecular weight is 368 g/mol. The topological polar surface area (TPSA) is 85.4 Å². The van der Waals surface area contributed by atoms with Crippen molar-refractivity contribution in [2.75, 3.05) is 45.7 Å². The molecule has 1 N–H and O–H groups in total. The van der Waals surface area contributed by atoms with Crippen LogP contribution in [0.4, 0.5) is 5.69 Å². The number of amides is 1. The second kappa shape index (κ2) is 8.13. The number of nitrogens with one attached hydrogen (secondary N) is 1. The molecule has 0 aromatic carbocycles. The van der Waals surface area contributed by atoms with Crippen molar-refractivity contribution < 1.29 is 4.79 Å². The third-order valence-corrected chi connectivity index (χ3v) is 4.58. The summed E-state index contributed by atoms with van der Waals surface area (Å²) in [6.07, 6.45) is 9.97. The Hall–Kier alpha value is -3.00. The van der Waals surface area contributed by atoms with Gasteiger partial charge in [-0.1, -0.05) is 6.08 Å². The molecule has 8 nitrogen and oxygen atoms in total. The van der Waals surface area contributed by atoms with Crippen LogP contribution in [0.3, 0.4) is 0 Å². The molecular weight excluding hydrogens is 344 g/mol. The number of aromatic amines is 1. The van der Waals surface area contributed by atoms with E-state index in [1.807, 2.05) is 43.1 Å². The third-order valence-electron chi connectivity index (χ3n) is 4.58. The molecule has 0 aliphatic carbocycles. The summed E-state index contributed by atoms with van der Waals surface area (Å²) in [4.78, 5) is 41.2. The third kappa shape index (κ3) is 4.40. The number of hydrogen-bond acceptors (Lipinski definition) is 6. The maximum absolute atomic E-state index is 12.3. The molecule has 1 aliphatic heterocycles. The molecule has 8 heteroatoms. The number of carbonyl (C=O) groups is 1. The van der Waals surface area contributed by atoms with Gasteiger partial charge in [-0.2, -0.15) is 0 Å². The van der Waals surface area contributed by atoms with Crippen molar-refractivity contribution in [1.82, 2.24) is 24.8 Å². The van der Waals surface area contributed by atoms with Crippen molar-refractivity contribution in [2.24, 2.45) is 0 Å². The molecule has 0 spiro atoms. The van der Waals surface area contributed by atoms with Gasteiger partial charge in [0.25, 0.3) is 5.56 Å². The summed E-state index contributed by atoms with van der Waals surface area (Å²) in [5.41, 5.74) is 1.88. The molecule has 3 rings (SSSR count). The van der Waals surface area contributed by atoms with Gasteiger partial charge < -0.3 is 19.7 Å². The maximum Gasteiger partial charge on any atom is 0.271 e. The first kappa shape index (κ1) is 18.8. The van der Waals surface area contributed by atoms with Crippen LogP contribution in [0, 0.1) is 0 Å². The summed E-state index contributed by atoms with van der Waals surface area (Å²) in [6.45, 7) is 1.92. The van der Waals surface area contributed by atoms with E-state index in [4.69, 9.17) is 0 Å². The zero-order chi connectivity index (χ0) is 19.4. The van der Waals surface area contributed by atoms with Gasteiger partial charge in [-0.25, -0.2) is 0 Å². The van der Waals surface area contributed by atoms with E-state index in [0.717, 1.165) is 12.1 Å². The molecule has 2 aromatic heterocycles. The van der Waals surface area contributed by atoms with Crippen LogP contribution in [0.1, 0.15) is 0 Å². The van der Waals surface area contributed by atoms with Crippen molar-refractivity contribution >= 4 is 11.6 Å². The normalized spacial score (nSPS) is 14.6. The molecule has 0 bridgehead atoms. The molecule has 142 valence electrons. The fraction of sp³-hybridized carbons (Fsp3) is 0.368. The largest absolute Gasteiger partial charge is 0.364 e. The molecule has 1 aliphatic rings. The summed E-state index contributed by atoms with van der Waals surface area (Å²) in [6, 6.07) is 1.92. The Balaban J connectivity index is 1.66. The minimum absolute atomic E-state index is 0.00344. The molecule has 0 unspecified atom stereocenters. The number of nitrogens with zero attached hydrogens (tertiary/aromatic N) is 5. The van der Waals surface area contributed by atoms with Crippen LogP contribution in [0.5, 0.6) is 0 Å². The van der Waals surface area contributed by atoms with Crippen LogP contribution in [0.25, 0.3) is 11.3 Å². The minimum Gasteiger partial charge on any atom is -0.364 e. The lowest BCUT2D eigenvalue weighted by Gasteiger charge is -2.44. The van der Waals surface area contributed by atoms with Crippen LogP contribution in [0.2, 0.25) is 0 Å². The molecule has 0 saturated carbocycles. The van der Waals surface area contributed by atoms with Crippen molar-refractivity contribution in [3.05, 3.63) is 53.4 Å². The molecule has 1 saturated heterocycles. The number of aromatic nitrogens is 3. The van der Waals surface area contributed by atoms with Gasteiger partial charge in [0.15, 0.2) is 0 Å². The lowest BCUT2D eigenvalue weighted by molar-refractivity contribution is -0.130. The van der Waals surface area contributed by atoms with Gasteiger partial charge in [0.1, 0.15) is 5.69 Å². The van der Waals surface area contributed by atoms with E-state index >= 15 is 0 Å². The van der Waals surface area contributed by atoms with E-state index < -0.39 is 0 Å². The quantitative estimate of drug-likeness (QED) is 0.752. The smallest absolute Gasteiger partial charge is 0.271 e. The number of pyridine rings is 1. The second-order valence-electron chi connectivity index (χ2n) is 6.87. The fourth-order valence-corrected chi connectivity index (χ4v) is 2.88. The van der Waals surface area contributed by atoms with Crippen molar-refractivity contribution in [2.45, 2.75) is 6.04 Å². The summed E-state index contributed by atoms with van der Waals surface area (Å²) < 4.78 is 0. The van der Waals surface area contributed by atoms with E-state index in [-0.39, 0.29) is 17.5 Å². The van der Waals surface area contributed by atoms with Crippen LogP contribution >= 0.6 is 0 Å². The lowest BCUT2D eigenvalue weighted by atomic mass is 10.1. The summed E-state index contributed by atoms with van der Waals surface area (Å²) in [5, 5.41) is 0. The Bertz CT molecular complexity index is 871. The molecule has 27 heavy (non-hydrogen) atoms. The Labute approximate surface area is 158 Å². The zero-order valence-corrected chi connectivity index (χ0v) is 15.8. The van der Waals surface area contributed by atoms with Crippen LogP contribution in [-0.4, -0.2) is 77.5 Å². The Morgan fingerprint density at radius 1 is 1.33 bits per heavy atom. The van der Waals surface area contributed by atoms with Gasteiger partial charge in [0.05, 0.1) is 17.9 Å². The average Bonchev–Trinajstić information content (AvgIpc) is 2.61. The highest BCUT2D eigenvalue weighted by Crippen LogP contribution is 2.22. The first-order chi connectivity index (χ1) is 13.0. The number of carbonyl (C=O) groups excluding carboxylic acids is 1. The van der Waals surface area contributed by atoms with E-state index in [0.29, 0.717) is 24.5 Å². The Morgan fingerprint density at radius 2 is 2.11 bits per heavy atom. The van der Waals surface area contributed by atoms with E-state index in [9.17, 15) is 9.59 Å². The van der Waals surface area contributed by atoms with Crippen LogP contribution in [0.15, 0.2) is 47.8 Å². The van der Waals surface area contributed by atoms with Crippen LogP contribution in [-0.2, 0) is 4.79 Å². The van der Waals surface area contributed by atoms with E-state index in [1.54, 1.807) is 35.8 Å². The van der Waals surface area contributed by atoms with Gasteiger partial charge in [-0.05, 0) is 20.2 Å². The standard InChI is InChI=1S/C19H24N6O2/c1-23(2)8-4-5-18(26)25-12-15(13-25)24(3)17-9-14(10-22-19(17)27)16-11-20-6-7-21-16/h4-7,9-11,15H,8,12-13H2,1-3H3,(H,22,27). The second-order valence-corrected chi connectivity index (χ2v) is 6.87. The van der Waals surface area contributed by atoms with Crippen molar-refractivity contribution in [1.29, 1.82) is 0 Å². The highest BCUT2D eigenvalue weighted by atomic mass is 16.2. The fourth-order valence-electron chi connectivity index (χ4n) is 2.88. The van der Waals surface area contributed by atoms with E-state index in [1.165, 1.54) is 0 Å². The Kier molecular flexibility index (Phi) is 5.66. The molecule has 1 fully saturated rings. The maximum atomic E-state index is 12.3. The van der Waals surface area contributed by atoms with Gasteiger partial charge in [0, 0.05) is 56.9 Å². The van der Waals surface area contributed by atoms with Gasteiger partial charge >= 0.3 is 0 Å². The van der Waals surface area contributed by atoms with Crippen molar-refractivity contribution in [3.63, 3.8) is 0 Å². The SMILES string of the molecule is CN(C)CC=CC(=O)N1CC(N(C)c2cc(-c3cnccn3)c[nH]c2=O)C1. The lowest BCUT2D eigenvalue weighted by Crippen LogP contribution is -2.60. The van der Waals surface area contributed by atoms with Crippen molar-refractivity contribution in [3.8, 4) is 11.3 Å². The number of rotatable bonds is 6. The number of hydrogen-bond donors (Lipinski definition) is 1. The summed E-state index contributed by atoms with van der Waals surface area (Å²) in [5.74, 6) is 0.00344. The highest BCUT2D eigenvalue weighted by molar-refractivity contribution is 5.88. The first-order valence-corrected chi connectivity index (χ1v) is 8.78. The minimum atomic E-state index is -0.166. The number of anilines is 1. The Morgan fingerprint density at radius 3 is 2.78 bits per heavy atom. The molecular formula is C19H24N6O2.